The highest BCUT2D eigenvalue weighted by Crippen LogP contribution is 2.12. The molecule has 0 nitrogen and oxygen atoms in total. The van der Waals surface area contributed by atoms with Gasteiger partial charge in [0.1, 0.15) is 0 Å². The normalized spacial score (nSPS) is 15.8. The van der Waals surface area contributed by atoms with Crippen molar-refractivity contribution in [2.45, 2.75) is 26.7 Å². The predicted molar refractivity (Wildman–Crippen MR) is 42.2 cm³/mol. The lowest BCUT2D eigenvalue weighted by Gasteiger charge is -2.01. The van der Waals surface area contributed by atoms with Crippen molar-refractivity contribution in [2.24, 2.45) is 5.92 Å². The van der Waals surface area contributed by atoms with Crippen molar-refractivity contribution in [3.8, 4) is 0 Å². The molecular weight excluding hydrogens is 183 g/mol. The lowest BCUT2D eigenvalue weighted by molar-refractivity contribution is 0.564. The van der Waals surface area contributed by atoms with E-state index in [-0.39, 0.29) is 4.74 Å². The van der Waals surface area contributed by atoms with Gasteiger partial charge in [0.05, 0.1) is 0 Å². The first kappa shape index (κ1) is 9.15. The van der Waals surface area contributed by atoms with Gasteiger partial charge in [-0.15, -0.1) is 0 Å². The van der Waals surface area contributed by atoms with Gasteiger partial charge >= 0.3 is 0 Å². The van der Waals surface area contributed by atoms with Crippen LogP contribution in [0.3, 0.4) is 0 Å². The van der Waals surface area contributed by atoms with E-state index in [9.17, 15) is 4.39 Å². The average molecular weight is 195 g/mol. The van der Waals surface area contributed by atoms with E-state index in [0.717, 1.165) is 12.8 Å². The first-order valence-electron chi connectivity index (χ1n) is 3.18. The molecule has 0 saturated carbocycles. The molecule has 1 atom stereocenters. The van der Waals surface area contributed by atoms with Gasteiger partial charge in [-0.1, -0.05) is 20.3 Å². The minimum absolute atomic E-state index is 0.247. The van der Waals surface area contributed by atoms with Crippen LogP contribution < -0.4 is 0 Å². The summed E-state index contributed by atoms with van der Waals surface area (Å²) in [6.07, 6.45) is 3.50. The molecule has 0 spiro atoms. The van der Waals surface area contributed by atoms with Crippen molar-refractivity contribution in [1.82, 2.24) is 0 Å². The van der Waals surface area contributed by atoms with E-state index in [0.29, 0.717) is 5.92 Å². The Morgan fingerprint density at radius 1 is 1.78 bits per heavy atom. The Labute approximate surface area is 64.3 Å². The Hall–Kier alpha value is 0.150. The zero-order valence-electron chi connectivity index (χ0n) is 5.82. The molecule has 0 aliphatic rings. The highest BCUT2D eigenvalue weighted by molar-refractivity contribution is 9.11. The van der Waals surface area contributed by atoms with Gasteiger partial charge in [0.15, 0.2) is 4.74 Å². The zero-order chi connectivity index (χ0) is 7.28. The fourth-order valence-electron chi connectivity index (χ4n) is 0.457. The molecule has 0 aromatic heterocycles. The van der Waals surface area contributed by atoms with E-state index in [2.05, 4.69) is 29.8 Å². The van der Waals surface area contributed by atoms with Crippen molar-refractivity contribution >= 4 is 15.9 Å². The van der Waals surface area contributed by atoms with Crippen molar-refractivity contribution in [3.63, 3.8) is 0 Å². The zero-order valence-corrected chi connectivity index (χ0v) is 7.41. The van der Waals surface area contributed by atoms with Crippen molar-refractivity contribution in [3.05, 3.63) is 10.8 Å². The maximum absolute atomic E-state index is 12.0. The maximum Gasteiger partial charge on any atom is 0.161 e. The third-order valence-corrected chi connectivity index (χ3v) is 1.70. The van der Waals surface area contributed by atoms with Crippen LogP contribution in [0.15, 0.2) is 10.8 Å². The molecular formula is C7H12BrF. The minimum atomic E-state index is -0.247. The molecule has 0 aromatic rings. The van der Waals surface area contributed by atoms with Crippen LogP contribution in [0.2, 0.25) is 0 Å². The second-order valence-electron chi connectivity index (χ2n) is 2.24. The molecule has 0 heterocycles. The highest BCUT2D eigenvalue weighted by Gasteiger charge is 1.94. The molecule has 0 fully saturated rings. The molecule has 0 unspecified atom stereocenters. The van der Waals surface area contributed by atoms with E-state index in [1.54, 1.807) is 6.08 Å². The van der Waals surface area contributed by atoms with E-state index < -0.39 is 0 Å². The van der Waals surface area contributed by atoms with Gasteiger partial charge in [0.25, 0.3) is 0 Å². The third-order valence-electron chi connectivity index (χ3n) is 1.37. The summed E-state index contributed by atoms with van der Waals surface area (Å²) in [5.74, 6) is 0.591. The van der Waals surface area contributed by atoms with Crippen molar-refractivity contribution in [1.29, 1.82) is 0 Å². The summed E-state index contributed by atoms with van der Waals surface area (Å²) in [4.78, 5) is 0. The van der Waals surface area contributed by atoms with E-state index in [1.165, 1.54) is 0 Å². The standard InChI is InChI=1S/C7H12BrF/c1-3-6(2)4-5-7(8)9/h5-6H,3-4H2,1-2H3/t6-/m1/s1. The molecule has 54 valence electrons. The Kier molecular flexibility index (Phi) is 5.06. The molecule has 0 aliphatic carbocycles. The molecule has 0 bridgehead atoms. The molecule has 0 N–H and O–H groups in total. The minimum Gasteiger partial charge on any atom is -0.199 e. The molecule has 0 aliphatic heterocycles. The van der Waals surface area contributed by atoms with Crippen LogP contribution in [-0.2, 0) is 0 Å². The van der Waals surface area contributed by atoms with Crippen LogP contribution >= 0.6 is 15.9 Å². The smallest absolute Gasteiger partial charge is 0.161 e. The predicted octanol–water partition coefficient (Wildman–Crippen LogP) is 3.63. The summed E-state index contributed by atoms with van der Waals surface area (Å²) >= 11 is 2.73. The van der Waals surface area contributed by atoms with Gasteiger partial charge in [0.2, 0.25) is 0 Å². The van der Waals surface area contributed by atoms with Crippen LogP contribution in [0.25, 0.3) is 0 Å². The van der Waals surface area contributed by atoms with E-state index in [1.807, 2.05) is 0 Å². The number of hydrogen-bond acceptors (Lipinski definition) is 0. The summed E-state index contributed by atoms with van der Waals surface area (Å²) < 4.78 is 11.7. The van der Waals surface area contributed by atoms with Gasteiger partial charge in [-0.25, -0.2) is 0 Å². The fourth-order valence-corrected chi connectivity index (χ4v) is 0.644. The van der Waals surface area contributed by atoms with Gasteiger partial charge in [-0.2, -0.15) is 4.39 Å². The molecule has 0 rings (SSSR count). The van der Waals surface area contributed by atoms with Crippen LogP contribution in [0.4, 0.5) is 4.39 Å². The summed E-state index contributed by atoms with van der Waals surface area (Å²) in [6, 6.07) is 0. The SMILES string of the molecule is CC[C@@H](C)CC=C(F)Br. The van der Waals surface area contributed by atoms with Crippen LogP contribution in [0.5, 0.6) is 0 Å². The monoisotopic (exact) mass is 194 g/mol. The molecule has 2 heteroatoms. The number of hydrogen-bond donors (Lipinski definition) is 0. The van der Waals surface area contributed by atoms with Crippen LogP contribution in [0, 0.1) is 5.92 Å². The Bertz CT molecular complexity index is 95.1. The molecule has 0 saturated heterocycles. The lowest BCUT2D eigenvalue weighted by atomic mass is 10.1. The number of rotatable bonds is 3. The van der Waals surface area contributed by atoms with E-state index >= 15 is 0 Å². The molecule has 0 radical (unpaired) electrons. The van der Waals surface area contributed by atoms with Gasteiger partial charge in [-0.3, -0.25) is 0 Å². The van der Waals surface area contributed by atoms with Crippen molar-refractivity contribution < 1.29 is 4.39 Å². The van der Waals surface area contributed by atoms with Gasteiger partial charge < -0.3 is 0 Å². The molecule has 9 heavy (non-hydrogen) atoms. The van der Waals surface area contributed by atoms with Crippen LogP contribution in [0.1, 0.15) is 26.7 Å². The average Bonchev–Trinajstić information content (AvgIpc) is 1.83. The Balaban J connectivity index is 3.37. The van der Waals surface area contributed by atoms with E-state index in [4.69, 9.17) is 0 Å². The summed E-state index contributed by atoms with van der Waals surface area (Å²) in [7, 11) is 0. The fraction of sp³-hybridized carbons (Fsp3) is 0.714. The largest absolute Gasteiger partial charge is 0.199 e. The summed E-state index contributed by atoms with van der Waals surface area (Å²) in [5.41, 5.74) is 0. The van der Waals surface area contributed by atoms with Crippen molar-refractivity contribution in [2.75, 3.05) is 0 Å². The van der Waals surface area contributed by atoms with Gasteiger partial charge in [0, 0.05) is 0 Å². The highest BCUT2D eigenvalue weighted by atomic mass is 79.9. The van der Waals surface area contributed by atoms with Crippen LogP contribution in [-0.4, -0.2) is 0 Å². The first-order valence-corrected chi connectivity index (χ1v) is 3.97. The molecule has 0 amide bonds. The second-order valence-corrected chi connectivity index (χ2v) is 3.00. The Morgan fingerprint density at radius 2 is 2.33 bits per heavy atom. The second kappa shape index (κ2) is 4.98. The first-order chi connectivity index (χ1) is 4.16. The summed E-state index contributed by atoms with van der Waals surface area (Å²) in [5, 5.41) is 0. The number of allylic oxidation sites excluding steroid dienone is 1. The topological polar surface area (TPSA) is 0 Å². The number of halogens is 2. The Morgan fingerprint density at radius 3 is 2.67 bits per heavy atom. The molecule has 0 aromatic carbocycles. The third kappa shape index (κ3) is 6.03. The van der Waals surface area contributed by atoms with Gasteiger partial charge in [-0.05, 0) is 34.3 Å². The maximum atomic E-state index is 12.0. The summed E-state index contributed by atoms with van der Waals surface area (Å²) in [6.45, 7) is 4.21. The quantitative estimate of drug-likeness (QED) is 0.644. The lowest BCUT2D eigenvalue weighted by Crippen LogP contribution is -1.87.